The van der Waals surface area contributed by atoms with E-state index in [0.717, 1.165) is 0 Å². The van der Waals surface area contributed by atoms with Crippen LogP contribution >= 0.6 is 0 Å². The SMILES string of the molecule is COc1nccnc1C(O)c1cccc(OC(C)C)c1. The molecule has 1 aromatic carbocycles. The van der Waals surface area contributed by atoms with Gasteiger partial charge in [-0.3, -0.25) is 4.98 Å². The molecule has 2 aromatic rings. The van der Waals surface area contributed by atoms with Crippen LogP contribution in [0.15, 0.2) is 36.7 Å². The van der Waals surface area contributed by atoms with Gasteiger partial charge in [0, 0.05) is 12.4 Å². The normalized spacial score (nSPS) is 12.2. The Kier molecular flexibility index (Phi) is 4.53. The van der Waals surface area contributed by atoms with Crippen LogP contribution in [0.4, 0.5) is 0 Å². The van der Waals surface area contributed by atoms with Gasteiger partial charge in [-0.25, -0.2) is 4.98 Å². The standard InChI is InChI=1S/C15H18N2O3/c1-10(2)20-12-6-4-5-11(9-12)14(18)13-15(19-3)17-8-7-16-13/h4-10,14,18H,1-3H3. The van der Waals surface area contributed by atoms with Crippen molar-refractivity contribution in [3.63, 3.8) is 0 Å². The summed E-state index contributed by atoms with van der Waals surface area (Å²) in [5, 5.41) is 10.4. The quantitative estimate of drug-likeness (QED) is 0.906. The van der Waals surface area contributed by atoms with E-state index in [1.807, 2.05) is 32.0 Å². The summed E-state index contributed by atoms with van der Waals surface area (Å²) in [6.45, 7) is 3.91. The number of aromatic nitrogens is 2. The van der Waals surface area contributed by atoms with E-state index in [0.29, 0.717) is 22.9 Å². The molecule has 0 aliphatic heterocycles. The second-order valence-electron chi connectivity index (χ2n) is 4.59. The molecule has 1 atom stereocenters. The number of methoxy groups -OCH3 is 1. The monoisotopic (exact) mass is 274 g/mol. The summed E-state index contributed by atoms with van der Waals surface area (Å²) in [7, 11) is 1.50. The lowest BCUT2D eigenvalue weighted by Gasteiger charge is -2.15. The van der Waals surface area contributed by atoms with Crippen molar-refractivity contribution >= 4 is 0 Å². The Labute approximate surface area is 118 Å². The van der Waals surface area contributed by atoms with Crippen molar-refractivity contribution in [1.29, 1.82) is 0 Å². The Morgan fingerprint density at radius 3 is 2.60 bits per heavy atom. The second kappa shape index (κ2) is 6.34. The maximum atomic E-state index is 10.4. The average molecular weight is 274 g/mol. The van der Waals surface area contributed by atoms with Crippen LogP contribution in [0.2, 0.25) is 0 Å². The number of ether oxygens (including phenoxy) is 2. The van der Waals surface area contributed by atoms with Gasteiger partial charge in [-0.05, 0) is 31.5 Å². The van der Waals surface area contributed by atoms with Crippen molar-refractivity contribution < 1.29 is 14.6 Å². The van der Waals surface area contributed by atoms with Crippen molar-refractivity contribution in [3.05, 3.63) is 47.9 Å². The van der Waals surface area contributed by atoms with Crippen LogP contribution in [0.5, 0.6) is 11.6 Å². The summed E-state index contributed by atoms with van der Waals surface area (Å²) >= 11 is 0. The third-order valence-corrected chi connectivity index (χ3v) is 2.69. The molecule has 1 N–H and O–H groups in total. The first kappa shape index (κ1) is 14.3. The van der Waals surface area contributed by atoms with Crippen LogP contribution in [0.3, 0.4) is 0 Å². The van der Waals surface area contributed by atoms with Crippen LogP contribution in [-0.2, 0) is 0 Å². The van der Waals surface area contributed by atoms with Crippen LogP contribution in [-0.4, -0.2) is 28.3 Å². The fraction of sp³-hybridized carbons (Fsp3) is 0.333. The lowest BCUT2D eigenvalue weighted by molar-refractivity contribution is 0.205. The molecule has 5 nitrogen and oxygen atoms in total. The molecule has 0 bridgehead atoms. The molecule has 5 heteroatoms. The number of aliphatic hydroxyl groups excluding tert-OH is 1. The number of hydrogen-bond acceptors (Lipinski definition) is 5. The molecule has 1 unspecified atom stereocenters. The highest BCUT2D eigenvalue weighted by atomic mass is 16.5. The van der Waals surface area contributed by atoms with Gasteiger partial charge in [-0.2, -0.15) is 0 Å². The van der Waals surface area contributed by atoms with Crippen LogP contribution in [0.25, 0.3) is 0 Å². The van der Waals surface area contributed by atoms with Gasteiger partial charge in [-0.15, -0.1) is 0 Å². The van der Waals surface area contributed by atoms with Gasteiger partial charge in [-0.1, -0.05) is 12.1 Å². The molecule has 0 aliphatic rings. The predicted octanol–water partition coefficient (Wildman–Crippen LogP) is 2.35. The first-order valence-corrected chi connectivity index (χ1v) is 6.41. The van der Waals surface area contributed by atoms with E-state index in [4.69, 9.17) is 9.47 Å². The van der Waals surface area contributed by atoms with Gasteiger partial charge in [0.15, 0.2) is 0 Å². The van der Waals surface area contributed by atoms with Crippen molar-refractivity contribution in [2.24, 2.45) is 0 Å². The fourth-order valence-corrected chi connectivity index (χ4v) is 1.87. The van der Waals surface area contributed by atoms with Gasteiger partial charge < -0.3 is 14.6 Å². The molecule has 0 amide bonds. The highest BCUT2D eigenvalue weighted by Crippen LogP contribution is 2.28. The Hall–Kier alpha value is -2.14. The molecule has 1 heterocycles. The molecule has 20 heavy (non-hydrogen) atoms. The van der Waals surface area contributed by atoms with Gasteiger partial charge in [0.25, 0.3) is 0 Å². The van der Waals surface area contributed by atoms with Crippen molar-refractivity contribution in [2.75, 3.05) is 7.11 Å². The summed E-state index contributed by atoms with van der Waals surface area (Å²) in [5.41, 5.74) is 1.07. The highest BCUT2D eigenvalue weighted by molar-refractivity contribution is 5.35. The maximum Gasteiger partial charge on any atom is 0.238 e. The second-order valence-corrected chi connectivity index (χ2v) is 4.59. The van der Waals surface area contributed by atoms with E-state index < -0.39 is 6.10 Å². The third-order valence-electron chi connectivity index (χ3n) is 2.69. The average Bonchev–Trinajstić information content (AvgIpc) is 2.46. The number of rotatable bonds is 5. The zero-order valence-corrected chi connectivity index (χ0v) is 11.8. The van der Waals surface area contributed by atoms with Crippen LogP contribution in [0.1, 0.15) is 31.2 Å². The molecule has 0 saturated heterocycles. The minimum atomic E-state index is -0.908. The largest absolute Gasteiger partial charge is 0.491 e. The number of benzene rings is 1. The van der Waals surface area contributed by atoms with E-state index in [1.165, 1.54) is 19.5 Å². The Morgan fingerprint density at radius 2 is 1.90 bits per heavy atom. The maximum absolute atomic E-state index is 10.4. The van der Waals surface area contributed by atoms with E-state index in [1.54, 1.807) is 6.07 Å². The van der Waals surface area contributed by atoms with Gasteiger partial charge >= 0.3 is 0 Å². The van der Waals surface area contributed by atoms with E-state index in [9.17, 15) is 5.11 Å². The van der Waals surface area contributed by atoms with Gasteiger partial charge in [0.05, 0.1) is 13.2 Å². The number of aliphatic hydroxyl groups is 1. The lowest BCUT2D eigenvalue weighted by atomic mass is 10.1. The van der Waals surface area contributed by atoms with Crippen LogP contribution in [0, 0.1) is 0 Å². The fourth-order valence-electron chi connectivity index (χ4n) is 1.87. The Bertz CT molecular complexity index is 573. The Morgan fingerprint density at radius 1 is 1.15 bits per heavy atom. The zero-order valence-electron chi connectivity index (χ0n) is 11.8. The van der Waals surface area contributed by atoms with Crippen LogP contribution < -0.4 is 9.47 Å². The minimum Gasteiger partial charge on any atom is -0.491 e. The van der Waals surface area contributed by atoms with E-state index >= 15 is 0 Å². The number of hydrogen-bond donors (Lipinski definition) is 1. The summed E-state index contributed by atoms with van der Waals surface area (Å²) in [6, 6.07) is 7.29. The lowest BCUT2D eigenvalue weighted by Crippen LogP contribution is -2.08. The van der Waals surface area contributed by atoms with Crippen molar-refractivity contribution in [3.8, 4) is 11.6 Å². The molecule has 0 spiro atoms. The molecule has 1 aromatic heterocycles. The molecular formula is C15H18N2O3. The van der Waals surface area contributed by atoms with Gasteiger partial charge in [0.1, 0.15) is 17.5 Å². The summed E-state index contributed by atoms with van der Waals surface area (Å²) in [4.78, 5) is 8.18. The molecule has 0 fully saturated rings. The third kappa shape index (κ3) is 3.24. The summed E-state index contributed by atoms with van der Waals surface area (Å²) in [5.74, 6) is 1.02. The molecular weight excluding hydrogens is 256 g/mol. The first-order valence-electron chi connectivity index (χ1n) is 6.41. The van der Waals surface area contributed by atoms with Gasteiger partial charge in [0.2, 0.25) is 5.88 Å². The Balaban J connectivity index is 2.30. The summed E-state index contributed by atoms with van der Waals surface area (Å²) < 4.78 is 10.7. The molecule has 0 aliphatic carbocycles. The van der Waals surface area contributed by atoms with Crippen molar-refractivity contribution in [2.45, 2.75) is 26.1 Å². The number of nitrogens with zero attached hydrogens (tertiary/aromatic N) is 2. The first-order chi connectivity index (χ1) is 9.61. The molecule has 0 radical (unpaired) electrons. The molecule has 0 saturated carbocycles. The highest BCUT2D eigenvalue weighted by Gasteiger charge is 2.18. The summed E-state index contributed by atoms with van der Waals surface area (Å²) in [6.07, 6.45) is 2.21. The minimum absolute atomic E-state index is 0.0773. The van der Waals surface area contributed by atoms with E-state index in [2.05, 4.69) is 9.97 Å². The van der Waals surface area contributed by atoms with Crippen molar-refractivity contribution in [1.82, 2.24) is 9.97 Å². The zero-order chi connectivity index (χ0) is 14.5. The smallest absolute Gasteiger partial charge is 0.238 e. The van der Waals surface area contributed by atoms with E-state index in [-0.39, 0.29) is 6.10 Å². The topological polar surface area (TPSA) is 64.5 Å². The predicted molar refractivity (Wildman–Crippen MR) is 74.9 cm³/mol. The molecule has 106 valence electrons. The molecule has 2 rings (SSSR count).